The molecule has 0 bridgehead atoms. The summed E-state index contributed by atoms with van der Waals surface area (Å²) >= 11 is 0. The number of fused-ring (bicyclic) bond motifs is 1. The van der Waals surface area contributed by atoms with Crippen LogP contribution in [0.2, 0.25) is 0 Å². The molecular formula is C12H13NO4. The molecule has 2 aromatic rings. The van der Waals surface area contributed by atoms with Crippen LogP contribution in [0.1, 0.15) is 18.9 Å². The van der Waals surface area contributed by atoms with E-state index in [9.17, 15) is 4.79 Å². The molecule has 1 N–H and O–H groups in total. The number of carboxylic acids is 1. The number of hydrogen-bond donors (Lipinski definition) is 1. The lowest BCUT2D eigenvalue weighted by molar-refractivity contribution is -0.146. The number of rotatable bonds is 4. The first-order valence-corrected chi connectivity index (χ1v) is 5.37. The summed E-state index contributed by atoms with van der Waals surface area (Å²) in [5.41, 5.74) is 2.30. The van der Waals surface area contributed by atoms with Crippen molar-refractivity contribution in [3.63, 3.8) is 0 Å². The molecule has 0 fully saturated rings. The SMILES string of the molecule is CCC(Oc1nc2ccc(C)cc2o1)C(=O)O. The average molecular weight is 235 g/mol. The molecule has 0 radical (unpaired) electrons. The monoisotopic (exact) mass is 235 g/mol. The Labute approximate surface area is 98.0 Å². The summed E-state index contributed by atoms with van der Waals surface area (Å²) in [5, 5.41) is 8.86. The van der Waals surface area contributed by atoms with Gasteiger partial charge in [0.1, 0.15) is 5.52 Å². The van der Waals surface area contributed by atoms with Crippen LogP contribution in [0.4, 0.5) is 0 Å². The molecule has 17 heavy (non-hydrogen) atoms. The van der Waals surface area contributed by atoms with Crippen molar-refractivity contribution in [1.29, 1.82) is 0 Å². The number of hydrogen-bond acceptors (Lipinski definition) is 4. The van der Waals surface area contributed by atoms with Crippen molar-refractivity contribution in [1.82, 2.24) is 4.98 Å². The minimum Gasteiger partial charge on any atom is -0.479 e. The van der Waals surface area contributed by atoms with Crippen LogP contribution in [0.5, 0.6) is 6.08 Å². The second-order valence-corrected chi connectivity index (χ2v) is 3.80. The summed E-state index contributed by atoms with van der Waals surface area (Å²) in [4.78, 5) is 14.9. The third kappa shape index (κ3) is 2.38. The first-order chi connectivity index (χ1) is 8.10. The highest BCUT2D eigenvalue weighted by molar-refractivity contribution is 5.74. The number of nitrogens with zero attached hydrogens (tertiary/aromatic N) is 1. The molecule has 5 nitrogen and oxygen atoms in total. The predicted octanol–water partition coefficient (Wildman–Crippen LogP) is 2.38. The summed E-state index contributed by atoms with van der Waals surface area (Å²) in [6, 6.07) is 5.54. The summed E-state index contributed by atoms with van der Waals surface area (Å²) < 4.78 is 10.5. The smallest absolute Gasteiger partial charge is 0.395 e. The number of oxazole rings is 1. The molecule has 5 heteroatoms. The van der Waals surface area contributed by atoms with E-state index in [1.54, 1.807) is 6.92 Å². The van der Waals surface area contributed by atoms with Gasteiger partial charge in [-0.2, -0.15) is 4.98 Å². The molecule has 90 valence electrons. The maximum atomic E-state index is 10.8. The fraction of sp³-hybridized carbons (Fsp3) is 0.333. The van der Waals surface area contributed by atoms with Crippen LogP contribution in [0.25, 0.3) is 11.1 Å². The van der Waals surface area contributed by atoms with E-state index in [1.165, 1.54) is 0 Å². The van der Waals surface area contributed by atoms with E-state index in [4.69, 9.17) is 14.3 Å². The number of benzene rings is 1. The van der Waals surface area contributed by atoms with Crippen molar-refractivity contribution in [2.24, 2.45) is 0 Å². The zero-order valence-corrected chi connectivity index (χ0v) is 9.64. The van der Waals surface area contributed by atoms with E-state index < -0.39 is 12.1 Å². The number of ether oxygens (including phenoxy) is 1. The van der Waals surface area contributed by atoms with E-state index in [0.717, 1.165) is 5.56 Å². The van der Waals surface area contributed by atoms with Gasteiger partial charge in [-0.3, -0.25) is 0 Å². The van der Waals surface area contributed by atoms with Gasteiger partial charge in [0, 0.05) is 0 Å². The Morgan fingerprint density at radius 1 is 1.59 bits per heavy atom. The van der Waals surface area contributed by atoms with Gasteiger partial charge in [0.2, 0.25) is 0 Å². The van der Waals surface area contributed by atoms with E-state index in [1.807, 2.05) is 25.1 Å². The third-order valence-electron chi connectivity index (χ3n) is 2.41. The van der Waals surface area contributed by atoms with Gasteiger partial charge in [0.05, 0.1) is 0 Å². The molecule has 0 saturated carbocycles. The number of carbonyl (C=O) groups is 1. The fourth-order valence-corrected chi connectivity index (χ4v) is 1.49. The van der Waals surface area contributed by atoms with E-state index in [-0.39, 0.29) is 6.08 Å². The molecular weight excluding hydrogens is 222 g/mol. The Morgan fingerprint density at radius 3 is 3.00 bits per heavy atom. The van der Waals surface area contributed by atoms with E-state index in [2.05, 4.69) is 4.98 Å². The zero-order chi connectivity index (χ0) is 12.4. The van der Waals surface area contributed by atoms with Crippen LogP contribution in [-0.4, -0.2) is 22.2 Å². The van der Waals surface area contributed by atoms with Crippen molar-refractivity contribution in [2.45, 2.75) is 26.4 Å². The molecule has 1 aromatic heterocycles. The van der Waals surface area contributed by atoms with Crippen molar-refractivity contribution in [3.05, 3.63) is 23.8 Å². The van der Waals surface area contributed by atoms with Gasteiger partial charge < -0.3 is 14.3 Å². The van der Waals surface area contributed by atoms with Crippen LogP contribution >= 0.6 is 0 Å². The van der Waals surface area contributed by atoms with Crippen molar-refractivity contribution < 1.29 is 19.1 Å². The quantitative estimate of drug-likeness (QED) is 0.880. The predicted molar refractivity (Wildman–Crippen MR) is 61.1 cm³/mol. The highest BCUT2D eigenvalue weighted by Crippen LogP contribution is 2.22. The van der Waals surface area contributed by atoms with Gasteiger partial charge in [-0.15, -0.1) is 0 Å². The lowest BCUT2D eigenvalue weighted by Gasteiger charge is -2.08. The zero-order valence-electron chi connectivity index (χ0n) is 9.64. The molecule has 0 amide bonds. The lowest BCUT2D eigenvalue weighted by Crippen LogP contribution is -2.25. The highest BCUT2D eigenvalue weighted by atomic mass is 16.6. The van der Waals surface area contributed by atoms with Crippen LogP contribution < -0.4 is 4.74 Å². The Balaban J connectivity index is 2.27. The molecule has 0 aliphatic carbocycles. The van der Waals surface area contributed by atoms with Crippen molar-refractivity contribution in [3.8, 4) is 6.08 Å². The molecule has 1 unspecified atom stereocenters. The minimum atomic E-state index is -1.02. The summed E-state index contributed by atoms with van der Waals surface area (Å²) in [7, 11) is 0. The largest absolute Gasteiger partial charge is 0.479 e. The Hall–Kier alpha value is -2.04. The third-order valence-corrected chi connectivity index (χ3v) is 2.41. The number of aromatic nitrogens is 1. The number of aliphatic carboxylic acids is 1. The molecule has 0 saturated heterocycles. The second-order valence-electron chi connectivity index (χ2n) is 3.80. The van der Waals surface area contributed by atoms with Crippen LogP contribution in [0, 0.1) is 6.92 Å². The topological polar surface area (TPSA) is 72.6 Å². The molecule has 0 spiro atoms. The van der Waals surface area contributed by atoms with Crippen molar-refractivity contribution in [2.75, 3.05) is 0 Å². The first kappa shape index (κ1) is 11.4. The molecule has 0 aliphatic rings. The molecule has 1 aromatic carbocycles. The van der Waals surface area contributed by atoms with Gasteiger partial charge in [0.25, 0.3) is 0 Å². The fourth-order valence-electron chi connectivity index (χ4n) is 1.49. The summed E-state index contributed by atoms with van der Waals surface area (Å²) in [6.07, 6.45) is -0.573. The second kappa shape index (κ2) is 4.45. The maximum absolute atomic E-state index is 10.8. The van der Waals surface area contributed by atoms with Gasteiger partial charge in [-0.1, -0.05) is 13.0 Å². The number of aryl methyl sites for hydroxylation is 1. The Morgan fingerprint density at radius 2 is 2.35 bits per heavy atom. The van der Waals surface area contributed by atoms with Crippen molar-refractivity contribution >= 4 is 17.1 Å². The van der Waals surface area contributed by atoms with E-state index >= 15 is 0 Å². The van der Waals surface area contributed by atoms with Crippen LogP contribution in [0.15, 0.2) is 22.6 Å². The molecule has 1 atom stereocenters. The molecule has 1 heterocycles. The van der Waals surface area contributed by atoms with Gasteiger partial charge >= 0.3 is 12.0 Å². The molecule has 0 aliphatic heterocycles. The van der Waals surface area contributed by atoms with Gasteiger partial charge in [0.15, 0.2) is 11.7 Å². The van der Waals surface area contributed by atoms with Crippen LogP contribution in [-0.2, 0) is 4.79 Å². The normalized spacial score (nSPS) is 12.6. The molecule has 2 rings (SSSR count). The van der Waals surface area contributed by atoms with Crippen LogP contribution in [0.3, 0.4) is 0 Å². The Kier molecular flexibility index (Phi) is 2.99. The Bertz CT molecular complexity index is 546. The minimum absolute atomic E-state index is 0.000139. The summed E-state index contributed by atoms with van der Waals surface area (Å²) in [6.45, 7) is 3.67. The van der Waals surface area contributed by atoms with Gasteiger partial charge in [-0.25, -0.2) is 4.79 Å². The average Bonchev–Trinajstić information content (AvgIpc) is 2.66. The standard InChI is InChI=1S/C12H13NO4/c1-3-9(11(14)15)16-12-13-8-5-4-7(2)6-10(8)17-12/h4-6,9H,3H2,1-2H3,(H,14,15). The summed E-state index contributed by atoms with van der Waals surface area (Å²) in [5.74, 6) is -1.02. The maximum Gasteiger partial charge on any atom is 0.395 e. The highest BCUT2D eigenvalue weighted by Gasteiger charge is 2.19. The first-order valence-electron chi connectivity index (χ1n) is 5.37. The van der Waals surface area contributed by atoms with E-state index in [0.29, 0.717) is 17.5 Å². The lowest BCUT2D eigenvalue weighted by atomic mass is 10.2. The number of carboxylic acid groups (broad SMARTS) is 1. The van der Waals surface area contributed by atoms with Gasteiger partial charge in [-0.05, 0) is 31.0 Å².